The SMILES string of the molecule is c1ccc(-c2cc3nc(-c4ccc5c6ccccc6n(-c6ccc7ccccc7c6)c5c4)oc3c3c2oc2ccccc23)cc1. The van der Waals surface area contributed by atoms with Crippen LogP contribution in [0.2, 0.25) is 0 Å². The van der Waals surface area contributed by atoms with Gasteiger partial charge in [0.1, 0.15) is 16.7 Å². The summed E-state index contributed by atoms with van der Waals surface area (Å²) in [7, 11) is 0. The van der Waals surface area contributed by atoms with Crippen LogP contribution in [-0.2, 0) is 0 Å². The molecule has 0 spiro atoms. The zero-order valence-electron chi connectivity index (χ0n) is 24.1. The van der Waals surface area contributed by atoms with Crippen LogP contribution >= 0.6 is 0 Å². The van der Waals surface area contributed by atoms with Crippen LogP contribution in [0, 0.1) is 0 Å². The molecule has 0 radical (unpaired) electrons. The van der Waals surface area contributed by atoms with Gasteiger partial charge < -0.3 is 13.4 Å². The molecule has 0 unspecified atom stereocenters. The van der Waals surface area contributed by atoms with Gasteiger partial charge in [-0.3, -0.25) is 0 Å². The Bertz CT molecular complexity index is 2760. The van der Waals surface area contributed by atoms with Crippen molar-refractivity contribution in [2.24, 2.45) is 0 Å². The predicted molar refractivity (Wildman–Crippen MR) is 184 cm³/mol. The topological polar surface area (TPSA) is 44.1 Å². The Morgan fingerprint density at radius 2 is 1.24 bits per heavy atom. The first kappa shape index (κ1) is 24.3. The lowest BCUT2D eigenvalue weighted by molar-refractivity contribution is 0.622. The van der Waals surface area contributed by atoms with Crippen LogP contribution in [-0.4, -0.2) is 9.55 Å². The minimum Gasteiger partial charge on any atom is -0.455 e. The second kappa shape index (κ2) is 9.18. The van der Waals surface area contributed by atoms with Crippen molar-refractivity contribution >= 4 is 65.6 Å². The van der Waals surface area contributed by atoms with E-state index in [1.807, 2.05) is 36.4 Å². The lowest BCUT2D eigenvalue weighted by Gasteiger charge is -2.10. The highest BCUT2D eigenvalue weighted by Gasteiger charge is 2.22. The molecule has 0 fully saturated rings. The van der Waals surface area contributed by atoms with Gasteiger partial charge in [0.25, 0.3) is 0 Å². The minimum absolute atomic E-state index is 0.582. The van der Waals surface area contributed by atoms with Crippen LogP contribution in [0.4, 0.5) is 0 Å². The van der Waals surface area contributed by atoms with Crippen molar-refractivity contribution in [2.45, 2.75) is 0 Å². The first-order chi connectivity index (χ1) is 22.3. The Morgan fingerprint density at radius 1 is 0.489 bits per heavy atom. The molecule has 0 aliphatic heterocycles. The molecule has 10 rings (SSSR count). The lowest BCUT2D eigenvalue weighted by atomic mass is 10.0. The first-order valence-corrected chi connectivity index (χ1v) is 15.1. The summed E-state index contributed by atoms with van der Waals surface area (Å²) in [5.41, 5.74) is 9.57. The Balaban J connectivity index is 1.24. The maximum absolute atomic E-state index is 6.67. The Labute approximate surface area is 257 Å². The number of benzene rings is 7. The Kier molecular flexibility index (Phi) is 4.96. The molecule has 0 N–H and O–H groups in total. The van der Waals surface area contributed by atoms with E-state index in [9.17, 15) is 0 Å². The summed E-state index contributed by atoms with van der Waals surface area (Å²) in [6.07, 6.45) is 0. The second-order valence-electron chi connectivity index (χ2n) is 11.6. The molecule has 3 heterocycles. The molecular formula is C41H24N2O2. The van der Waals surface area contributed by atoms with E-state index in [0.29, 0.717) is 5.89 Å². The minimum atomic E-state index is 0.582. The maximum atomic E-state index is 6.67. The number of nitrogens with zero attached hydrogens (tertiary/aromatic N) is 2. The fraction of sp³-hybridized carbons (Fsp3) is 0. The summed E-state index contributed by atoms with van der Waals surface area (Å²) in [5.74, 6) is 0.582. The third-order valence-corrected chi connectivity index (χ3v) is 9.00. The lowest BCUT2D eigenvalue weighted by Crippen LogP contribution is -1.94. The average molecular weight is 577 g/mol. The second-order valence-corrected chi connectivity index (χ2v) is 11.6. The molecule has 0 saturated carbocycles. The highest BCUT2D eigenvalue weighted by atomic mass is 16.4. The van der Waals surface area contributed by atoms with E-state index in [0.717, 1.165) is 66.4 Å². The van der Waals surface area contributed by atoms with Crippen molar-refractivity contribution in [1.82, 2.24) is 9.55 Å². The van der Waals surface area contributed by atoms with E-state index in [1.165, 1.54) is 21.5 Å². The van der Waals surface area contributed by atoms with Crippen molar-refractivity contribution in [2.75, 3.05) is 0 Å². The van der Waals surface area contributed by atoms with E-state index in [4.69, 9.17) is 13.8 Å². The molecule has 210 valence electrons. The fourth-order valence-electron chi connectivity index (χ4n) is 6.92. The largest absolute Gasteiger partial charge is 0.455 e. The van der Waals surface area contributed by atoms with Gasteiger partial charge in [0.05, 0.1) is 16.4 Å². The number of furan rings is 1. The molecule has 10 aromatic rings. The van der Waals surface area contributed by atoms with Gasteiger partial charge in [0.15, 0.2) is 5.58 Å². The molecule has 0 bridgehead atoms. The van der Waals surface area contributed by atoms with Crippen molar-refractivity contribution in [3.05, 3.63) is 146 Å². The zero-order valence-corrected chi connectivity index (χ0v) is 24.1. The highest BCUT2D eigenvalue weighted by molar-refractivity contribution is 6.20. The van der Waals surface area contributed by atoms with Gasteiger partial charge in [-0.15, -0.1) is 0 Å². The molecule has 0 aliphatic rings. The molecule has 7 aromatic carbocycles. The van der Waals surface area contributed by atoms with Gasteiger partial charge in [-0.05, 0) is 58.8 Å². The van der Waals surface area contributed by atoms with Gasteiger partial charge in [-0.2, -0.15) is 0 Å². The summed E-state index contributed by atoms with van der Waals surface area (Å²) in [5, 5.41) is 6.80. The van der Waals surface area contributed by atoms with Gasteiger partial charge in [-0.25, -0.2) is 4.98 Å². The molecule has 0 saturated heterocycles. The number of fused-ring (bicyclic) bond motifs is 9. The van der Waals surface area contributed by atoms with Crippen LogP contribution < -0.4 is 0 Å². The van der Waals surface area contributed by atoms with E-state index in [2.05, 4.69) is 114 Å². The summed E-state index contributed by atoms with van der Waals surface area (Å²) in [4.78, 5) is 5.09. The average Bonchev–Trinajstić information content (AvgIpc) is 3.79. The highest BCUT2D eigenvalue weighted by Crippen LogP contribution is 2.43. The Morgan fingerprint density at radius 3 is 2.16 bits per heavy atom. The summed E-state index contributed by atoms with van der Waals surface area (Å²) < 4.78 is 15.5. The molecule has 45 heavy (non-hydrogen) atoms. The van der Waals surface area contributed by atoms with Gasteiger partial charge in [0.2, 0.25) is 5.89 Å². The number of oxazole rings is 1. The third-order valence-electron chi connectivity index (χ3n) is 9.00. The van der Waals surface area contributed by atoms with Gasteiger partial charge in [0, 0.05) is 33.0 Å². The van der Waals surface area contributed by atoms with Crippen LogP contribution in [0.1, 0.15) is 0 Å². The van der Waals surface area contributed by atoms with E-state index in [1.54, 1.807) is 0 Å². The number of hydrogen-bond donors (Lipinski definition) is 0. The standard InChI is InChI=1S/C41H24N2O2/c1-2-11-26(12-3-1)33-24-34-40(38-32-15-7-9-17-37(32)44-39(33)38)45-41(42-34)28-19-21-31-30-14-6-8-16-35(30)43(36(31)23-28)29-20-18-25-10-4-5-13-27(25)22-29/h1-24H. The molecule has 4 nitrogen and oxygen atoms in total. The number of hydrogen-bond acceptors (Lipinski definition) is 3. The summed E-state index contributed by atoms with van der Waals surface area (Å²) in [6.45, 7) is 0. The van der Waals surface area contributed by atoms with Crippen molar-refractivity contribution in [3.63, 3.8) is 0 Å². The van der Waals surface area contributed by atoms with Crippen LogP contribution in [0.25, 0.3) is 93.9 Å². The van der Waals surface area contributed by atoms with Crippen molar-refractivity contribution < 1.29 is 8.83 Å². The van der Waals surface area contributed by atoms with E-state index in [-0.39, 0.29) is 0 Å². The predicted octanol–water partition coefficient (Wildman–Crippen LogP) is 11.3. The summed E-state index contributed by atoms with van der Waals surface area (Å²) >= 11 is 0. The molecule has 0 amide bonds. The number of aromatic nitrogens is 2. The van der Waals surface area contributed by atoms with Gasteiger partial charge in [-0.1, -0.05) is 103 Å². The van der Waals surface area contributed by atoms with Crippen molar-refractivity contribution in [3.8, 4) is 28.3 Å². The first-order valence-electron chi connectivity index (χ1n) is 15.1. The number of rotatable bonds is 3. The van der Waals surface area contributed by atoms with E-state index < -0.39 is 0 Å². The molecule has 4 heteroatoms. The molecular weight excluding hydrogens is 552 g/mol. The van der Waals surface area contributed by atoms with E-state index >= 15 is 0 Å². The Hall–Kier alpha value is -6.13. The smallest absolute Gasteiger partial charge is 0.227 e. The maximum Gasteiger partial charge on any atom is 0.227 e. The summed E-state index contributed by atoms with van der Waals surface area (Å²) in [6, 6.07) is 50.8. The van der Waals surface area contributed by atoms with Gasteiger partial charge >= 0.3 is 0 Å². The van der Waals surface area contributed by atoms with Crippen molar-refractivity contribution in [1.29, 1.82) is 0 Å². The number of para-hydroxylation sites is 2. The zero-order chi connectivity index (χ0) is 29.5. The van der Waals surface area contributed by atoms with Crippen LogP contribution in [0.15, 0.2) is 154 Å². The van der Waals surface area contributed by atoms with Crippen LogP contribution in [0.5, 0.6) is 0 Å². The third kappa shape index (κ3) is 3.57. The molecule has 0 aliphatic carbocycles. The monoisotopic (exact) mass is 576 g/mol. The normalized spacial score (nSPS) is 12.0. The van der Waals surface area contributed by atoms with Crippen LogP contribution in [0.3, 0.4) is 0 Å². The fourth-order valence-corrected chi connectivity index (χ4v) is 6.92. The quantitative estimate of drug-likeness (QED) is 0.210. The molecule has 0 atom stereocenters. The molecule has 3 aromatic heterocycles.